The van der Waals surface area contributed by atoms with Gasteiger partial charge in [-0.1, -0.05) is 13.8 Å². The zero-order valence-corrected chi connectivity index (χ0v) is 13.0. The number of hydrogen-bond donors (Lipinski definition) is 3. The van der Waals surface area contributed by atoms with Crippen molar-refractivity contribution in [3.63, 3.8) is 0 Å². The van der Waals surface area contributed by atoms with E-state index in [4.69, 9.17) is 5.84 Å². The highest BCUT2D eigenvalue weighted by molar-refractivity contribution is 5.96. The van der Waals surface area contributed by atoms with Crippen LogP contribution < -0.4 is 16.6 Å². The molecule has 0 spiro atoms. The summed E-state index contributed by atoms with van der Waals surface area (Å²) in [4.78, 5) is 14.5. The van der Waals surface area contributed by atoms with Gasteiger partial charge in [0.15, 0.2) is 0 Å². The Balaban J connectivity index is 2.83. The van der Waals surface area contributed by atoms with Gasteiger partial charge in [0.05, 0.1) is 0 Å². The third-order valence-corrected chi connectivity index (χ3v) is 3.32. The number of nitrogens with two attached hydrogens (primary N) is 1. The van der Waals surface area contributed by atoms with Crippen molar-refractivity contribution in [1.29, 1.82) is 0 Å². The molecule has 0 aromatic heterocycles. The van der Waals surface area contributed by atoms with Crippen molar-refractivity contribution < 1.29 is 4.79 Å². The Bertz CT molecular complexity index is 457. The molecule has 20 heavy (non-hydrogen) atoms. The number of benzene rings is 1. The Labute approximate surface area is 121 Å². The van der Waals surface area contributed by atoms with Crippen molar-refractivity contribution in [3.8, 4) is 0 Å². The average molecular weight is 278 g/mol. The molecule has 1 aromatic carbocycles. The molecule has 0 aliphatic rings. The molecule has 5 nitrogen and oxygen atoms in total. The second-order valence-electron chi connectivity index (χ2n) is 5.76. The second kappa shape index (κ2) is 7.26. The van der Waals surface area contributed by atoms with Crippen molar-refractivity contribution in [2.45, 2.75) is 26.8 Å². The maximum atomic E-state index is 12.4. The first-order valence-corrected chi connectivity index (χ1v) is 6.88. The molecule has 112 valence electrons. The fourth-order valence-electron chi connectivity index (χ4n) is 2.07. The lowest BCUT2D eigenvalue weighted by Gasteiger charge is -2.26. The van der Waals surface area contributed by atoms with Gasteiger partial charge in [0.2, 0.25) is 0 Å². The van der Waals surface area contributed by atoms with Gasteiger partial charge in [0.25, 0.3) is 5.91 Å². The molecule has 1 aromatic rings. The number of carbonyl (C=O) groups is 1. The van der Waals surface area contributed by atoms with Gasteiger partial charge in [0, 0.05) is 23.8 Å². The van der Waals surface area contributed by atoms with Crippen LogP contribution in [-0.2, 0) is 0 Å². The molecule has 1 amide bonds. The monoisotopic (exact) mass is 278 g/mol. The molecule has 0 radical (unpaired) electrons. The van der Waals surface area contributed by atoms with Crippen LogP contribution in [0.1, 0.15) is 29.8 Å². The molecule has 1 rings (SSSR count). The minimum atomic E-state index is -0.0355. The van der Waals surface area contributed by atoms with Crippen LogP contribution in [0.3, 0.4) is 0 Å². The summed E-state index contributed by atoms with van der Waals surface area (Å²) in [7, 11) is 4.02. The zero-order chi connectivity index (χ0) is 15.3. The van der Waals surface area contributed by atoms with E-state index in [0.717, 1.165) is 17.8 Å². The van der Waals surface area contributed by atoms with Crippen LogP contribution in [-0.4, -0.2) is 37.5 Å². The summed E-state index contributed by atoms with van der Waals surface area (Å²) in [6.07, 6.45) is 0. The number of aryl methyl sites for hydroxylation is 1. The van der Waals surface area contributed by atoms with Crippen molar-refractivity contribution in [2.24, 2.45) is 11.8 Å². The largest absolute Gasteiger partial charge is 0.348 e. The lowest BCUT2D eigenvalue weighted by molar-refractivity contribution is 0.0916. The molecule has 1 unspecified atom stereocenters. The summed E-state index contributed by atoms with van der Waals surface area (Å²) in [6, 6.07) is 5.60. The van der Waals surface area contributed by atoms with Gasteiger partial charge < -0.3 is 15.6 Å². The number of hydrogen-bond acceptors (Lipinski definition) is 4. The van der Waals surface area contributed by atoms with Gasteiger partial charge in [-0.15, -0.1) is 0 Å². The summed E-state index contributed by atoms with van der Waals surface area (Å²) in [5.41, 5.74) is 4.98. The minimum Gasteiger partial charge on any atom is -0.348 e. The number of anilines is 1. The predicted octanol–water partition coefficient (Wildman–Crippen LogP) is 1.60. The number of hydrazine groups is 1. The Morgan fingerprint density at radius 1 is 1.35 bits per heavy atom. The molecule has 0 aliphatic carbocycles. The minimum absolute atomic E-state index is 0.0355. The second-order valence-corrected chi connectivity index (χ2v) is 5.76. The molecule has 0 saturated heterocycles. The normalized spacial score (nSPS) is 12.6. The van der Waals surface area contributed by atoms with E-state index in [9.17, 15) is 4.79 Å². The molecule has 0 bridgehead atoms. The SMILES string of the molecule is Cc1cc(NN)ccc1C(=O)NC(CN(C)C)C(C)C. The Morgan fingerprint density at radius 2 is 2.00 bits per heavy atom. The van der Waals surface area contributed by atoms with Crippen LogP contribution in [0.25, 0.3) is 0 Å². The van der Waals surface area contributed by atoms with E-state index in [-0.39, 0.29) is 11.9 Å². The Hall–Kier alpha value is -1.59. The van der Waals surface area contributed by atoms with Crippen LogP contribution >= 0.6 is 0 Å². The standard InChI is InChI=1S/C15H26N4O/c1-10(2)14(9-19(4)5)17-15(20)13-7-6-12(18-16)8-11(13)3/h6-8,10,14,18H,9,16H2,1-5H3,(H,17,20). The van der Waals surface area contributed by atoms with Crippen LogP contribution in [0.5, 0.6) is 0 Å². The molecule has 0 fully saturated rings. The van der Waals surface area contributed by atoms with E-state index < -0.39 is 0 Å². The number of nitrogen functional groups attached to an aromatic ring is 1. The lowest BCUT2D eigenvalue weighted by atomic mass is 10.0. The quantitative estimate of drug-likeness (QED) is 0.546. The Kier molecular flexibility index (Phi) is 5.98. The van der Waals surface area contributed by atoms with Gasteiger partial charge in [-0.05, 0) is 50.7 Å². The smallest absolute Gasteiger partial charge is 0.251 e. The molecule has 0 saturated carbocycles. The molecule has 1 atom stereocenters. The van der Waals surface area contributed by atoms with Gasteiger partial charge in [-0.2, -0.15) is 0 Å². The number of nitrogens with one attached hydrogen (secondary N) is 2. The van der Waals surface area contributed by atoms with Crippen LogP contribution in [0.2, 0.25) is 0 Å². The Morgan fingerprint density at radius 3 is 2.45 bits per heavy atom. The summed E-state index contributed by atoms with van der Waals surface area (Å²) in [5.74, 6) is 5.71. The van der Waals surface area contributed by atoms with Crippen molar-refractivity contribution in [1.82, 2.24) is 10.2 Å². The number of amides is 1. The maximum absolute atomic E-state index is 12.4. The highest BCUT2D eigenvalue weighted by Crippen LogP contribution is 2.15. The maximum Gasteiger partial charge on any atom is 0.251 e. The van der Waals surface area contributed by atoms with E-state index >= 15 is 0 Å². The molecular weight excluding hydrogens is 252 g/mol. The third kappa shape index (κ3) is 4.51. The van der Waals surface area contributed by atoms with E-state index in [0.29, 0.717) is 11.5 Å². The third-order valence-electron chi connectivity index (χ3n) is 3.32. The summed E-state index contributed by atoms with van der Waals surface area (Å²) in [5, 5.41) is 3.11. The predicted molar refractivity (Wildman–Crippen MR) is 83.6 cm³/mol. The zero-order valence-electron chi connectivity index (χ0n) is 13.0. The van der Waals surface area contributed by atoms with E-state index in [1.807, 2.05) is 27.1 Å². The molecule has 4 N–H and O–H groups in total. The summed E-state index contributed by atoms with van der Waals surface area (Å²) in [6.45, 7) is 6.96. The van der Waals surface area contributed by atoms with Gasteiger partial charge in [0.1, 0.15) is 0 Å². The number of rotatable bonds is 6. The molecular formula is C15H26N4O. The van der Waals surface area contributed by atoms with Gasteiger partial charge in [-0.25, -0.2) is 0 Å². The van der Waals surface area contributed by atoms with Gasteiger partial charge in [-0.3, -0.25) is 10.6 Å². The lowest BCUT2D eigenvalue weighted by Crippen LogP contribution is -2.45. The van der Waals surface area contributed by atoms with E-state index in [1.165, 1.54) is 0 Å². The van der Waals surface area contributed by atoms with Crippen molar-refractivity contribution >= 4 is 11.6 Å². The van der Waals surface area contributed by atoms with E-state index in [2.05, 4.69) is 29.5 Å². The number of nitrogens with zero attached hydrogens (tertiary/aromatic N) is 1. The van der Waals surface area contributed by atoms with Crippen LogP contribution in [0.15, 0.2) is 18.2 Å². The molecule has 0 heterocycles. The van der Waals surface area contributed by atoms with Gasteiger partial charge >= 0.3 is 0 Å². The highest BCUT2D eigenvalue weighted by atomic mass is 16.1. The first kappa shape index (κ1) is 16.5. The summed E-state index contributed by atoms with van der Waals surface area (Å²) >= 11 is 0. The number of carbonyl (C=O) groups excluding carboxylic acids is 1. The average Bonchev–Trinajstić information content (AvgIpc) is 2.36. The first-order valence-electron chi connectivity index (χ1n) is 6.88. The fraction of sp³-hybridized carbons (Fsp3) is 0.533. The van der Waals surface area contributed by atoms with E-state index in [1.54, 1.807) is 12.1 Å². The topological polar surface area (TPSA) is 70.4 Å². The first-order chi connectivity index (χ1) is 9.35. The van der Waals surface area contributed by atoms with Crippen LogP contribution in [0, 0.1) is 12.8 Å². The summed E-state index contributed by atoms with van der Waals surface area (Å²) < 4.78 is 0. The highest BCUT2D eigenvalue weighted by Gasteiger charge is 2.18. The molecule has 5 heteroatoms. The fourth-order valence-corrected chi connectivity index (χ4v) is 2.07. The van der Waals surface area contributed by atoms with Crippen LogP contribution in [0.4, 0.5) is 5.69 Å². The van der Waals surface area contributed by atoms with Crippen molar-refractivity contribution in [2.75, 3.05) is 26.1 Å². The number of likely N-dealkylation sites (N-methyl/N-ethyl adjacent to an activating group) is 1. The molecule has 0 aliphatic heterocycles. The van der Waals surface area contributed by atoms with Crippen molar-refractivity contribution in [3.05, 3.63) is 29.3 Å².